The van der Waals surface area contributed by atoms with Crippen molar-refractivity contribution in [3.05, 3.63) is 52.3 Å². The Hall–Kier alpha value is -3.23. The summed E-state index contributed by atoms with van der Waals surface area (Å²) in [5, 5.41) is 24.3. The second kappa shape index (κ2) is 6.11. The van der Waals surface area contributed by atoms with Gasteiger partial charge in [-0.3, -0.25) is 14.9 Å². The Balaban J connectivity index is 1.90. The minimum Gasteiger partial charge on any atom is -0.480 e. The van der Waals surface area contributed by atoms with Crippen molar-refractivity contribution in [2.75, 3.05) is 6.54 Å². The summed E-state index contributed by atoms with van der Waals surface area (Å²) in [4.78, 5) is 35.5. The number of carboxylic acid groups (broad SMARTS) is 1. The first kappa shape index (κ1) is 15.7. The van der Waals surface area contributed by atoms with Crippen molar-refractivity contribution in [2.24, 2.45) is 0 Å². The maximum absolute atomic E-state index is 12.5. The zero-order chi connectivity index (χ0) is 17.3. The minimum atomic E-state index is -1.04. The van der Waals surface area contributed by atoms with Crippen LogP contribution in [0.3, 0.4) is 0 Å². The van der Waals surface area contributed by atoms with Gasteiger partial charge in [-0.05, 0) is 25.0 Å². The number of amides is 1. The first-order valence-electron chi connectivity index (χ1n) is 7.32. The van der Waals surface area contributed by atoms with Crippen LogP contribution in [0.15, 0.2) is 36.5 Å². The predicted molar refractivity (Wildman–Crippen MR) is 81.9 cm³/mol. The molecule has 3 rings (SSSR count). The molecule has 2 aromatic rings. The van der Waals surface area contributed by atoms with E-state index in [0.717, 1.165) is 0 Å². The molecule has 1 atom stereocenters. The van der Waals surface area contributed by atoms with Crippen LogP contribution in [0.4, 0.5) is 5.69 Å². The van der Waals surface area contributed by atoms with E-state index in [-0.39, 0.29) is 17.1 Å². The van der Waals surface area contributed by atoms with E-state index in [0.29, 0.717) is 19.4 Å². The lowest BCUT2D eigenvalue weighted by Crippen LogP contribution is -2.40. The van der Waals surface area contributed by atoms with Gasteiger partial charge in [0, 0.05) is 18.8 Å². The van der Waals surface area contributed by atoms with E-state index in [1.54, 1.807) is 12.1 Å². The summed E-state index contributed by atoms with van der Waals surface area (Å²) in [5.41, 5.74) is 0.156. The smallest absolute Gasteiger partial charge is 0.326 e. The Morgan fingerprint density at radius 2 is 2.04 bits per heavy atom. The molecule has 0 bridgehead atoms. The van der Waals surface area contributed by atoms with Gasteiger partial charge in [-0.1, -0.05) is 12.1 Å². The number of carboxylic acids is 1. The van der Waals surface area contributed by atoms with Gasteiger partial charge in [-0.2, -0.15) is 5.10 Å². The summed E-state index contributed by atoms with van der Waals surface area (Å²) in [6.45, 7) is 0.355. The molecule has 1 aliphatic heterocycles. The number of nitrogens with zero attached hydrogens (tertiary/aromatic N) is 4. The van der Waals surface area contributed by atoms with Crippen molar-refractivity contribution in [1.82, 2.24) is 14.7 Å². The Morgan fingerprint density at radius 3 is 2.75 bits per heavy atom. The van der Waals surface area contributed by atoms with Gasteiger partial charge in [0.05, 0.1) is 4.92 Å². The van der Waals surface area contributed by atoms with Gasteiger partial charge in [0.15, 0.2) is 5.69 Å². The summed E-state index contributed by atoms with van der Waals surface area (Å²) in [5.74, 6) is -1.53. The monoisotopic (exact) mass is 330 g/mol. The molecule has 1 aromatic carbocycles. The number of benzene rings is 1. The van der Waals surface area contributed by atoms with E-state index in [2.05, 4.69) is 5.10 Å². The van der Waals surface area contributed by atoms with Crippen LogP contribution in [-0.4, -0.2) is 49.2 Å². The highest BCUT2D eigenvalue weighted by atomic mass is 16.6. The van der Waals surface area contributed by atoms with Crippen LogP contribution in [0.2, 0.25) is 0 Å². The fraction of sp³-hybridized carbons (Fsp3) is 0.267. The van der Waals surface area contributed by atoms with Crippen LogP contribution in [-0.2, 0) is 4.79 Å². The number of rotatable bonds is 4. The maximum Gasteiger partial charge on any atom is 0.326 e. The van der Waals surface area contributed by atoms with Crippen LogP contribution in [0.5, 0.6) is 0 Å². The number of aliphatic carboxylic acids is 1. The van der Waals surface area contributed by atoms with Crippen LogP contribution in [0, 0.1) is 10.1 Å². The lowest BCUT2D eigenvalue weighted by Gasteiger charge is -2.20. The third-order valence-electron chi connectivity index (χ3n) is 3.93. The molecule has 0 radical (unpaired) electrons. The summed E-state index contributed by atoms with van der Waals surface area (Å²) in [6.07, 6.45) is 2.47. The van der Waals surface area contributed by atoms with Gasteiger partial charge in [-0.25, -0.2) is 9.48 Å². The number of nitro benzene ring substituents is 1. The van der Waals surface area contributed by atoms with Gasteiger partial charge in [-0.15, -0.1) is 0 Å². The third kappa shape index (κ3) is 2.71. The molecule has 0 aliphatic carbocycles. The molecule has 0 spiro atoms. The van der Waals surface area contributed by atoms with Gasteiger partial charge < -0.3 is 10.0 Å². The fourth-order valence-corrected chi connectivity index (χ4v) is 2.80. The number of carbonyl (C=O) groups excluding carboxylic acids is 1. The fourth-order valence-electron chi connectivity index (χ4n) is 2.80. The Bertz CT molecular complexity index is 816. The molecule has 2 heterocycles. The lowest BCUT2D eigenvalue weighted by atomic mass is 10.2. The van der Waals surface area contributed by atoms with Crippen molar-refractivity contribution in [3.8, 4) is 5.69 Å². The largest absolute Gasteiger partial charge is 0.480 e. The van der Waals surface area contributed by atoms with E-state index in [9.17, 15) is 19.7 Å². The molecule has 1 saturated heterocycles. The number of para-hydroxylation sites is 2. The third-order valence-corrected chi connectivity index (χ3v) is 3.93. The van der Waals surface area contributed by atoms with Gasteiger partial charge >= 0.3 is 5.97 Å². The summed E-state index contributed by atoms with van der Waals surface area (Å²) < 4.78 is 1.25. The molecule has 1 aromatic heterocycles. The second-order valence-electron chi connectivity index (χ2n) is 5.39. The molecule has 1 aliphatic rings. The Labute approximate surface area is 136 Å². The van der Waals surface area contributed by atoms with E-state index in [4.69, 9.17) is 5.11 Å². The molecule has 1 fully saturated rings. The van der Waals surface area contributed by atoms with E-state index in [1.807, 2.05) is 0 Å². The highest BCUT2D eigenvalue weighted by molar-refractivity contribution is 5.95. The summed E-state index contributed by atoms with van der Waals surface area (Å²) in [6, 6.07) is 6.62. The first-order chi connectivity index (χ1) is 11.5. The van der Waals surface area contributed by atoms with Crippen molar-refractivity contribution < 1.29 is 19.6 Å². The molecular weight excluding hydrogens is 316 g/mol. The number of nitro groups is 1. The van der Waals surface area contributed by atoms with Crippen molar-refractivity contribution in [2.45, 2.75) is 18.9 Å². The molecule has 1 amide bonds. The van der Waals surface area contributed by atoms with Gasteiger partial charge in [0.25, 0.3) is 11.6 Å². The zero-order valence-electron chi connectivity index (χ0n) is 12.5. The number of carbonyl (C=O) groups is 2. The van der Waals surface area contributed by atoms with Crippen molar-refractivity contribution >= 4 is 17.6 Å². The molecule has 9 heteroatoms. The molecule has 24 heavy (non-hydrogen) atoms. The second-order valence-corrected chi connectivity index (χ2v) is 5.39. The van der Waals surface area contributed by atoms with Crippen molar-refractivity contribution in [1.29, 1.82) is 0 Å². The lowest BCUT2D eigenvalue weighted by molar-refractivity contribution is -0.384. The predicted octanol–water partition coefficient (Wildman–Crippen LogP) is 1.47. The average Bonchev–Trinajstić information content (AvgIpc) is 3.23. The highest BCUT2D eigenvalue weighted by Gasteiger charge is 2.35. The zero-order valence-corrected chi connectivity index (χ0v) is 12.5. The standard InChI is InChI=1S/C15H14N4O5/c20-14(17-8-3-6-13(17)15(21)22)10-7-9-18(16-10)11-4-1-2-5-12(11)19(23)24/h1-2,4-5,7,9,13H,3,6,8H2,(H,21,22)/t13-/m1/s1. The SMILES string of the molecule is O=C(O)[C@H]1CCCN1C(=O)c1ccn(-c2ccccc2[N+](=O)[O-])n1. The summed E-state index contributed by atoms with van der Waals surface area (Å²) in [7, 11) is 0. The first-order valence-corrected chi connectivity index (χ1v) is 7.32. The minimum absolute atomic E-state index is 0.0568. The molecule has 9 nitrogen and oxygen atoms in total. The summed E-state index contributed by atoms with van der Waals surface area (Å²) >= 11 is 0. The maximum atomic E-state index is 12.5. The Kier molecular flexibility index (Phi) is 3.98. The highest BCUT2D eigenvalue weighted by Crippen LogP contribution is 2.23. The average molecular weight is 330 g/mol. The number of aromatic nitrogens is 2. The Morgan fingerprint density at radius 1 is 1.29 bits per heavy atom. The quantitative estimate of drug-likeness (QED) is 0.670. The van der Waals surface area contributed by atoms with E-state index < -0.39 is 22.8 Å². The number of hydrogen-bond acceptors (Lipinski definition) is 5. The number of likely N-dealkylation sites (tertiary alicyclic amines) is 1. The normalized spacial score (nSPS) is 17.0. The van der Waals surface area contributed by atoms with Crippen LogP contribution < -0.4 is 0 Å². The molecular formula is C15H14N4O5. The van der Waals surface area contributed by atoms with Crippen LogP contribution in [0.1, 0.15) is 23.3 Å². The van der Waals surface area contributed by atoms with Crippen LogP contribution >= 0.6 is 0 Å². The van der Waals surface area contributed by atoms with Gasteiger partial charge in [0.2, 0.25) is 0 Å². The topological polar surface area (TPSA) is 119 Å². The van der Waals surface area contributed by atoms with E-state index >= 15 is 0 Å². The molecule has 124 valence electrons. The van der Waals surface area contributed by atoms with Gasteiger partial charge in [0.1, 0.15) is 11.7 Å². The van der Waals surface area contributed by atoms with E-state index in [1.165, 1.54) is 34.0 Å². The number of hydrogen-bond donors (Lipinski definition) is 1. The van der Waals surface area contributed by atoms with Crippen molar-refractivity contribution in [3.63, 3.8) is 0 Å². The van der Waals surface area contributed by atoms with Crippen LogP contribution in [0.25, 0.3) is 5.69 Å². The molecule has 1 N–H and O–H groups in total. The molecule has 0 saturated carbocycles. The molecule has 0 unspecified atom stereocenters.